The zero-order valence-corrected chi connectivity index (χ0v) is 8.92. The highest BCUT2D eigenvalue weighted by Gasteiger charge is 2.17. The molecule has 0 spiro atoms. The topological polar surface area (TPSA) is 33.2 Å². The number of rotatable bonds is 1. The molecule has 0 radical (unpaired) electrons. The maximum absolute atomic E-state index is 11.9. The van der Waals surface area contributed by atoms with E-state index in [2.05, 4.69) is 4.98 Å². The van der Waals surface area contributed by atoms with Crippen molar-refractivity contribution >= 4 is 17.2 Å². The number of likely N-dealkylation sites (tertiary alicyclic amines) is 1. The van der Waals surface area contributed by atoms with Crippen LogP contribution in [-0.2, 0) is 0 Å². The van der Waals surface area contributed by atoms with Crippen LogP contribution in [0.1, 0.15) is 35.4 Å². The molecule has 4 heteroatoms. The normalized spacial score (nSPS) is 17.9. The van der Waals surface area contributed by atoms with Gasteiger partial charge in [-0.3, -0.25) is 9.78 Å². The van der Waals surface area contributed by atoms with Crippen molar-refractivity contribution in [1.29, 1.82) is 0 Å². The van der Waals surface area contributed by atoms with Gasteiger partial charge in [0.2, 0.25) is 0 Å². The van der Waals surface area contributed by atoms with Crippen molar-refractivity contribution in [2.75, 3.05) is 13.1 Å². The third-order valence-corrected chi connectivity index (χ3v) is 3.30. The van der Waals surface area contributed by atoms with Crippen molar-refractivity contribution in [3.63, 3.8) is 0 Å². The van der Waals surface area contributed by atoms with E-state index < -0.39 is 0 Å². The first-order valence-electron chi connectivity index (χ1n) is 5.06. The molecule has 0 N–H and O–H groups in total. The fraction of sp³-hybridized carbons (Fsp3) is 0.600. The summed E-state index contributed by atoms with van der Waals surface area (Å²) in [5, 5.41) is 0. The van der Waals surface area contributed by atoms with Crippen LogP contribution in [0.15, 0.2) is 11.7 Å². The van der Waals surface area contributed by atoms with Crippen LogP contribution in [0.25, 0.3) is 0 Å². The average molecular weight is 210 g/mol. The summed E-state index contributed by atoms with van der Waals surface area (Å²) in [6, 6.07) is 0. The number of amides is 1. The van der Waals surface area contributed by atoms with Gasteiger partial charge in [0, 0.05) is 13.1 Å². The van der Waals surface area contributed by atoms with Crippen LogP contribution < -0.4 is 0 Å². The van der Waals surface area contributed by atoms with Crippen LogP contribution in [0.3, 0.4) is 0 Å². The van der Waals surface area contributed by atoms with Gasteiger partial charge in [0.1, 0.15) is 4.88 Å². The summed E-state index contributed by atoms with van der Waals surface area (Å²) in [7, 11) is 0. The minimum atomic E-state index is 0.161. The van der Waals surface area contributed by atoms with Crippen LogP contribution in [-0.4, -0.2) is 28.9 Å². The molecular weight excluding hydrogens is 196 g/mol. The van der Waals surface area contributed by atoms with Crippen molar-refractivity contribution in [3.8, 4) is 0 Å². The van der Waals surface area contributed by atoms with Crippen LogP contribution >= 0.6 is 11.3 Å². The van der Waals surface area contributed by atoms with Crippen molar-refractivity contribution in [2.24, 2.45) is 0 Å². The Labute approximate surface area is 87.8 Å². The summed E-state index contributed by atoms with van der Waals surface area (Å²) in [4.78, 5) is 18.6. The molecule has 0 bridgehead atoms. The second-order valence-corrected chi connectivity index (χ2v) is 4.46. The van der Waals surface area contributed by atoms with E-state index in [9.17, 15) is 4.79 Å². The number of nitrogens with zero attached hydrogens (tertiary/aromatic N) is 2. The van der Waals surface area contributed by atoms with E-state index in [0.29, 0.717) is 0 Å². The van der Waals surface area contributed by atoms with Crippen LogP contribution in [0.4, 0.5) is 0 Å². The highest BCUT2D eigenvalue weighted by Crippen LogP contribution is 2.15. The van der Waals surface area contributed by atoms with Gasteiger partial charge in [-0.2, -0.15) is 0 Å². The molecule has 0 aliphatic carbocycles. The molecule has 1 saturated heterocycles. The average Bonchev–Trinajstić information content (AvgIpc) is 2.59. The molecule has 0 atom stereocenters. The standard InChI is InChI=1S/C10H14N2OS/c13-10(9-7-11-8-14-9)12-5-3-1-2-4-6-12/h7-8H,1-6H2. The van der Waals surface area contributed by atoms with Gasteiger partial charge in [0.15, 0.2) is 0 Å². The van der Waals surface area contributed by atoms with Gasteiger partial charge in [-0.05, 0) is 12.8 Å². The Kier molecular flexibility index (Phi) is 3.14. The summed E-state index contributed by atoms with van der Waals surface area (Å²) >= 11 is 1.43. The minimum Gasteiger partial charge on any atom is -0.338 e. The van der Waals surface area contributed by atoms with Gasteiger partial charge in [-0.15, -0.1) is 11.3 Å². The summed E-state index contributed by atoms with van der Waals surface area (Å²) in [5.41, 5.74) is 1.71. The lowest BCUT2D eigenvalue weighted by Gasteiger charge is -2.18. The van der Waals surface area contributed by atoms with Gasteiger partial charge in [-0.1, -0.05) is 12.8 Å². The predicted molar refractivity (Wildman–Crippen MR) is 56.5 cm³/mol. The number of hydrogen-bond acceptors (Lipinski definition) is 3. The van der Waals surface area contributed by atoms with Crippen LogP contribution in [0.5, 0.6) is 0 Å². The van der Waals surface area contributed by atoms with E-state index in [1.165, 1.54) is 24.2 Å². The largest absolute Gasteiger partial charge is 0.338 e. The number of carbonyl (C=O) groups is 1. The molecule has 0 saturated carbocycles. The van der Waals surface area contributed by atoms with E-state index in [0.717, 1.165) is 30.8 Å². The minimum absolute atomic E-state index is 0.161. The molecule has 3 nitrogen and oxygen atoms in total. The Morgan fingerprint density at radius 3 is 2.57 bits per heavy atom. The van der Waals surface area contributed by atoms with Crippen LogP contribution in [0, 0.1) is 0 Å². The van der Waals surface area contributed by atoms with Crippen molar-refractivity contribution in [1.82, 2.24) is 9.88 Å². The van der Waals surface area contributed by atoms with Gasteiger partial charge in [-0.25, -0.2) is 0 Å². The molecule has 0 unspecified atom stereocenters. The molecular formula is C10H14N2OS. The highest BCUT2D eigenvalue weighted by atomic mass is 32.1. The smallest absolute Gasteiger partial charge is 0.265 e. The first-order chi connectivity index (χ1) is 6.88. The third-order valence-electron chi connectivity index (χ3n) is 2.54. The Hall–Kier alpha value is -0.900. The Morgan fingerprint density at radius 2 is 2.00 bits per heavy atom. The Bertz CT molecular complexity index is 289. The highest BCUT2D eigenvalue weighted by molar-refractivity contribution is 7.11. The lowest BCUT2D eigenvalue weighted by molar-refractivity contribution is 0.0766. The zero-order valence-electron chi connectivity index (χ0n) is 8.11. The second-order valence-electron chi connectivity index (χ2n) is 3.57. The molecule has 76 valence electrons. The SMILES string of the molecule is O=C(c1cncs1)N1CCCCCC1. The second kappa shape index (κ2) is 4.55. The molecule has 2 heterocycles. The summed E-state index contributed by atoms with van der Waals surface area (Å²) in [6.07, 6.45) is 6.46. The molecule has 14 heavy (non-hydrogen) atoms. The quantitative estimate of drug-likeness (QED) is 0.711. The third kappa shape index (κ3) is 2.12. The fourth-order valence-electron chi connectivity index (χ4n) is 1.75. The lowest BCUT2D eigenvalue weighted by Crippen LogP contribution is -2.31. The Morgan fingerprint density at radius 1 is 1.29 bits per heavy atom. The molecule has 0 aromatic carbocycles. The molecule has 2 rings (SSSR count). The van der Waals surface area contributed by atoms with Gasteiger partial charge >= 0.3 is 0 Å². The summed E-state index contributed by atoms with van der Waals surface area (Å²) in [6.45, 7) is 1.83. The van der Waals surface area contributed by atoms with Crippen molar-refractivity contribution < 1.29 is 4.79 Å². The molecule has 1 aliphatic heterocycles. The number of thiazole rings is 1. The fourth-order valence-corrected chi connectivity index (χ4v) is 2.34. The molecule has 1 amide bonds. The lowest BCUT2D eigenvalue weighted by atomic mass is 10.2. The van der Waals surface area contributed by atoms with Gasteiger partial charge in [0.25, 0.3) is 5.91 Å². The molecule has 1 aliphatic rings. The molecule has 1 aromatic heterocycles. The van der Waals surface area contributed by atoms with Gasteiger partial charge < -0.3 is 4.90 Å². The summed E-state index contributed by atoms with van der Waals surface area (Å²) in [5.74, 6) is 0.161. The maximum atomic E-state index is 11.9. The van der Waals surface area contributed by atoms with Crippen molar-refractivity contribution in [3.05, 3.63) is 16.6 Å². The maximum Gasteiger partial charge on any atom is 0.265 e. The zero-order chi connectivity index (χ0) is 9.80. The monoisotopic (exact) mass is 210 g/mol. The van der Waals surface area contributed by atoms with E-state index >= 15 is 0 Å². The number of hydrogen-bond donors (Lipinski definition) is 0. The van der Waals surface area contributed by atoms with E-state index in [-0.39, 0.29) is 5.91 Å². The first kappa shape index (κ1) is 9.65. The molecule has 1 fully saturated rings. The molecule has 1 aromatic rings. The summed E-state index contributed by atoms with van der Waals surface area (Å²) < 4.78 is 0. The van der Waals surface area contributed by atoms with E-state index in [1.54, 1.807) is 11.7 Å². The van der Waals surface area contributed by atoms with E-state index in [4.69, 9.17) is 0 Å². The first-order valence-corrected chi connectivity index (χ1v) is 5.93. The Balaban J connectivity index is 2.03. The number of aromatic nitrogens is 1. The number of carbonyl (C=O) groups excluding carboxylic acids is 1. The van der Waals surface area contributed by atoms with Crippen molar-refractivity contribution in [2.45, 2.75) is 25.7 Å². The predicted octanol–water partition coefficient (Wildman–Crippen LogP) is 2.16. The van der Waals surface area contributed by atoms with Crippen LogP contribution in [0.2, 0.25) is 0 Å². The van der Waals surface area contributed by atoms with E-state index in [1.807, 2.05) is 4.90 Å². The van der Waals surface area contributed by atoms with Gasteiger partial charge in [0.05, 0.1) is 11.7 Å².